The number of hydrogen-bond acceptors (Lipinski definition) is 1. The van der Waals surface area contributed by atoms with Crippen molar-refractivity contribution >= 4 is 16.6 Å². The molecule has 0 aliphatic carbocycles. The Bertz CT molecular complexity index is 680. The number of nitrogen functional groups attached to an aromatic ring is 1. The lowest BCUT2D eigenvalue weighted by molar-refractivity contribution is 1.41. The van der Waals surface area contributed by atoms with Crippen molar-refractivity contribution in [3.63, 3.8) is 0 Å². The van der Waals surface area contributed by atoms with Gasteiger partial charge in [-0.15, -0.1) is 0 Å². The standard InChI is InChI=1S/C15H14N2/c1-10-11-6-3-5-9-14(11)17-15(10)12-7-2-4-8-13(12)16/h2-9,17H,16H2,1H3. The number of rotatable bonds is 1. The average molecular weight is 222 g/mol. The molecule has 0 atom stereocenters. The van der Waals surface area contributed by atoms with Crippen LogP contribution in [-0.4, -0.2) is 4.98 Å². The number of nitrogens with one attached hydrogen (secondary N) is 1. The lowest BCUT2D eigenvalue weighted by Crippen LogP contribution is -1.90. The Hall–Kier alpha value is -2.22. The fourth-order valence-electron chi connectivity index (χ4n) is 2.28. The lowest BCUT2D eigenvalue weighted by Gasteiger charge is -2.04. The van der Waals surface area contributed by atoms with Gasteiger partial charge in [0.15, 0.2) is 0 Å². The third kappa shape index (κ3) is 1.49. The van der Waals surface area contributed by atoms with Crippen LogP contribution in [0, 0.1) is 6.92 Å². The zero-order valence-electron chi connectivity index (χ0n) is 9.70. The van der Waals surface area contributed by atoms with Crippen molar-refractivity contribution in [2.75, 3.05) is 5.73 Å². The van der Waals surface area contributed by atoms with Gasteiger partial charge < -0.3 is 10.7 Å². The summed E-state index contributed by atoms with van der Waals surface area (Å²) in [6.45, 7) is 2.13. The monoisotopic (exact) mass is 222 g/mol. The van der Waals surface area contributed by atoms with Crippen LogP contribution in [0.2, 0.25) is 0 Å². The summed E-state index contributed by atoms with van der Waals surface area (Å²) in [6, 6.07) is 16.3. The number of para-hydroxylation sites is 2. The van der Waals surface area contributed by atoms with E-state index in [-0.39, 0.29) is 0 Å². The van der Waals surface area contributed by atoms with E-state index in [0.29, 0.717) is 0 Å². The topological polar surface area (TPSA) is 41.8 Å². The summed E-state index contributed by atoms with van der Waals surface area (Å²) in [4.78, 5) is 3.44. The van der Waals surface area contributed by atoms with E-state index in [4.69, 9.17) is 5.73 Å². The highest BCUT2D eigenvalue weighted by molar-refractivity contribution is 5.92. The molecular weight excluding hydrogens is 208 g/mol. The van der Waals surface area contributed by atoms with Gasteiger partial charge in [0.1, 0.15) is 0 Å². The maximum absolute atomic E-state index is 6.02. The molecule has 0 saturated heterocycles. The molecule has 3 aromatic rings. The first-order valence-electron chi connectivity index (χ1n) is 5.69. The van der Waals surface area contributed by atoms with Crippen molar-refractivity contribution in [1.29, 1.82) is 0 Å². The minimum Gasteiger partial charge on any atom is -0.398 e. The van der Waals surface area contributed by atoms with E-state index >= 15 is 0 Å². The number of nitrogens with two attached hydrogens (primary N) is 1. The number of aromatic nitrogens is 1. The van der Waals surface area contributed by atoms with Crippen LogP contribution in [0.5, 0.6) is 0 Å². The highest BCUT2D eigenvalue weighted by atomic mass is 14.7. The minimum absolute atomic E-state index is 0.808. The molecule has 2 aromatic carbocycles. The zero-order valence-corrected chi connectivity index (χ0v) is 9.70. The van der Waals surface area contributed by atoms with E-state index < -0.39 is 0 Å². The molecule has 0 radical (unpaired) electrons. The van der Waals surface area contributed by atoms with E-state index in [1.54, 1.807) is 0 Å². The van der Waals surface area contributed by atoms with E-state index in [0.717, 1.165) is 22.5 Å². The van der Waals surface area contributed by atoms with Crippen LogP contribution < -0.4 is 5.73 Å². The fraction of sp³-hybridized carbons (Fsp3) is 0.0667. The van der Waals surface area contributed by atoms with Crippen molar-refractivity contribution in [3.05, 3.63) is 54.1 Å². The molecule has 0 aliphatic rings. The third-order valence-electron chi connectivity index (χ3n) is 3.20. The summed E-state index contributed by atoms with van der Waals surface area (Å²) in [5.41, 5.74) is 11.4. The Morgan fingerprint density at radius 1 is 0.941 bits per heavy atom. The summed E-state index contributed by atoms with van der Waals surface area (Å²) in [5, 5.41) is 1.26. The molecule has 2 nitrogen and oxygen atoms in total. The fourth-order valence-corrected chi connectivity index (χ4v) is 2.28. The maximum Gasteiger partial charge on any atom is 0.0515 e. The molecule has 3 N–H and O–H groups in total. The van der Waals surface area contributed by atoms with Gasteiger partial charge in [-0.2, -0.15) is 0 Å². The van der Waals surface area contributed by atoms with Crippen molar-refractivity contribution in [3.8, 4) is 11.3 Å². The highest BCUT2D eigenvalue weighted by Crippen LogP contribution is 2.32. The van der Waals surface area contributed by atoms with Crippen LogP contribution in [-0.2, 0) is 0 Å². The van der Waals surface area contributed by atoms with Gasteiger partial charge in [-0.1, -0.05) is 36.4 Å². The Morgan fingerprint density at radius 3 is 2.41 bits per heavy atom. The summed E-state index contributed by atoms with van der Waals surface area (Å²) in [6.07, 6.45) is 0. The normalized spacial score (nSPS) is 10.9. The number of aryl methyl sites for hydroxylation is 1. The molecule has 3 rings (SSSR count). The summed E-state index contributed by atoms with van der Waals surface area (Å²) >= 11 is 0. The van der Waals surface area contributed by atoms with Crippen LogP contribution >= 0.6 is 0 Å². The zero-order chi connectivity index (χ0) is 11.8. The second-order valence-corrected chi connectivity index (χ2v) is 4.26. The number of H-pyrrole nitrogens is 1. The highest BCUT2D eigenvalue weighted by Gasteiger charge is 2.10. The van der Waals surface area contributed by atoms with Crippen molar-refractivity contribution in [2.24, 2.45) is 0 Å². The third-order valence-corrected chi connectivity index (χ3v) is 3.20. The molecular formula is C15H14N2. The van der Waals surface area contributed by atoms with Crippen molar-refractivity contribution in [2.45, 2.75) is 6.92 Å². The predicted molar refractivity (Wildman–Crippen MR) is 72.9 cm³/mol. The Morgan fingerprint density at radius 2 is 1.65 bits per heavy atom. The molecule has 0 bridgehead atoms. The molecule has 0 amide bonds. The molecule has 17 heavy (non-hydrogen) atoms. The Kier molecular flexibility index (Phi) is 2.15. The molecule has 0 spiro atoms. The first-order chi connectivity index (χ1) is 8.27. The number of hydrogen-bond donors (Lipinski definition) is 2. The smallest absolute Gasteiger partial charge is 0.0515 e. The van der Waals surface area contributed by atoms with Gasteiger partial charge in [0, 0.05) is 22.2 Å². The largest absolute Gasteiger partial charge is 0.398 e. The second kappa shape index (κ2) is 3.67. The van der Waals surface area contributed by atoms with Crippen molar-refractivity contribution in [1.82, 2.24) is 4.98 Å². The molecule has 0 aliphatic heterocycles. The van der Waals surface area contributed by atoms with Gasteiger partial charge in [0.05, 0.1) is 5.69 Å². The second-order valence-electron chi connectivity index (χ2n) is 4.26. The van der Waals surface area contributed by atoms with Gasteiger partial charge in [0.25, 0.3) is 0 Å². The average Bonchev–Trinajstić information content (AvgIpc) is 2.68. The molecule has 84 valence electrons. The molecule has 1 aromatic heterocycles. The molecule has 0 unspecified atom stereocenters. The van der Waals surface area contributed by atoms with E-state index in [2.05, 4.69) is 30.1 Å². The van der Waals surface area contributed by atoms with Gasteiger partial charge in [-0.25, -0.2) is 0 Å². The minimum atomic E-state index is 0.808. The van der Waals surface area contributed by atoms with Crippen LogP contribution in [0.25, 0.3) is 22.2 Å². The van der Waals surface area contributed by atoms with E-state index in [1.165, 1.54) is 10.9 Å². The first kappa shape index (κ1) is 9.97. The summed E-state index contributed by atoms with van der Waals surface area (Å²) < 4.78 is 0. The predicted octanol–water partition coefficient (Wildman–Crippen LogP) is 3.73. The van der Waals surface area contributed by atoms with E-state index in [1.807, 2.05) is 30.3 Å². The van der Waals surface area contributed by atoms with E-state index in [9.17, 15) is 0 Å². The van der Waals surface area contributed by atoms with Gasteiger partial charge >= 0.3 is 0 Å². The lowest BCUT2D eigenvalue weighted by atomic mass is 10.1. The SMILES string of the molecule is Cc1c(-c2ccccc2N)[nH]c2ccccc12. The maximum atomic E-state index is 6.02. The van der Waals surface area contributed by atoms with Crippen LogP contribution in [0.15, 0.2) is 48.5 Å². The van der Waals surface area contributed by atoms with Crippen LogP contribution in [0.4, 0.5) is 5.69 Å². The summed E-state index contributed by atoms with van der Waals surface area (Å²) in [7, 11) is 0. The number of fused-ring (bicyclic) bond motifs is 1. The first-order valence-corrected chi connectivity index (χ1v) is 5.69. The van der Waals surface area contributed by atoms with Gasteiger partial charge in [-0.05, 0) is 24.6 Å². The Labute approximate surface area is 100 Å². The molecule has 2 heteroatoms. The van der Waals surface area contributed by atoms with Gasteiger partial charge in [0.2, 0.25) is 0 Å². The number of aromatic amines is 1. The number of benzene rings is 2. The molecule has 0 fully saturated rings. The van der Waals surface area contributed by atoms with Crippen molar-refractivity contribution < 1.29 is 0 Å². The summed E-state index contributed by atoms with van der Waals surface area (Å²) in [5.74, 6) is 0. The van der Waals surface area contributed by atoms with Gasteiger partial charge in [-0.3, -0.25) is 0 Å². The molecule has 1 heterocycles. The van der Waals surface area contributed by atoms with Crippen LogP contribution in [0.3, 0.4) is 0 Å². The number of anilines is 1. The Balaban J connectivity index is 2.32. The quantitative estimate of drug-likeness (QED) is 0.605. The molecule has 0 saturated carbocycles. The van der Waals surface area contributed by atoms with Crippen LogP contribution in [0.1, 0.15) is 5.56 Å².